The fraction of sp³-hybridized carbons (Fsp3) is 0.522. The van der Waals surface area contributed by atoms with Gasteiger partial charge in [-0.15, -0.1) is 0 Å². The molecule has 3 fully saturated rings. The number of amidine groups is 1. The quantitative estimate of drug-likeness (QED) is 0.794. The minimum Gasteiger partial charge on any atom is -0.372 e. The first-order chi connectivity index (χ1) is 15.2. The molecule has 1 aromatic rings. The summed E-state index contributed by atoms with van der Waals surface area (Å²) in [5.74, 6) is 0.977. The maximum atomic E-state index is 12.8. The number of likely N-dealkylation sites (N-methyl/N-ethyl adjacent to an activating group) is 1. The summed E-state index contributed by atoms with van der Waals surface area (Å²) in [7, 11) is 2.09. The predicted molar refractivity (Wildman–Crippen MR) is 123 cm³/mol. The molecule has 164 valence electrons. The van der Waals surface area contributed by atoms with Gasteiger partial charge in [0.1, 0.15) is 18.5 Å². The number of piperazine rings is 1. The lowest BCUT2D eigenvalue weighted by Gasteiger charge is -2.32. The smallest absolute Gasteiger partial charge is 0.244 e. The average Bonchev–Trinajstić information content (AvgIpc) is 3.46. The Kier molecular flexibility index (Phi) is 5.74. The second-order valence-corrected chi connectivity index (χ2v) is 8.69. The van der Waals surface area contributed by atoms with Crippen LogP contribution in [0.2, 0.25) is 0 Å². The molecule has 3 saturated heterocycles. The summed E-state index contributed by atoms with van der Waals surface area (Å²) in [6.45, 7) is 5.85. The molecule has 0 saturated carbocycles. The molecule has 1 N–H and O–H groups in total. The molecule has 8 nitrogen and oxygen atoms in total. The normalized spacial score (nSPS) is 27.4. The van der Waals surface area contributed by atoms with Crippen LogP contribution in [0.15, 0.2) is 46.7 Å². The number of amides is 1. The van der Waals surface area contributed by atoms with E-state index in [0.717, 1.165) is 50.7 Å². The number of benzene rings is 1. The topological polar surface area (TPSA) is 66.8 Å². The van der Waals surface area contributed by atoms with Crippen LogP contribution in [0, 0.1) is 0 Å². The maximum Gasteiger partial charge on any atom is 0.244 e. The number of carbonyl (C=O) groups is 1. The van der Waals surface area contributed by atoms with Crippen molar-refractivity contribution in [3.8, 4) is 0 Å². The lowest BCUT2D eigenvalue weighted by molar-refractivity contribution is -0.131. The lowest BCUT2D eigenvalue weighted by Crippen LogP contribution is -2.48. The Labute approximate surface area is 183 Å². The van der Waals surface area contributed by atoms with Crippen LogP contribution in [0.4, 0.5) is 5.69 Å². The van der Waals surface area contributed by atoms with Gasteiger partial charge in [0.15, 0.2) is 0 Å². The van der Waals surface area contributed by atoms with Gasteiger partial charge in [-0.25, -0.2) is 0 Å². The highest BCUT2D eigenvalue weighted by Crippen LogP contribution is 2.29. The van der Waals surface area contributed by atoms with Gasteiger partial charge in [-0.1, -0.05) is 12.1 Å². The number of nitrogens with zero attached hydrogens (tertiary/aromatic N) is 6. The van der Waals surface area contributed by atoms with Crippen LogP contribution < -0.4 is 10.2 Å². The highest BCUT2D eigenvalue weighted by atomic mass is 16.2. The van der Waals surface area contributed by atoms with Gasteiger partial charge < -0.3 is 19.6 Å². The van der Waals surface area contributed by atoms with Gasteiger partial charge in [-0.3, -0.25) is 20.1 Å². The van der Waals surface area contributed by atoms with Gasteiger partial charge in [-0.05, 0) is 37.6 Å². The Hall–Kier alpha value is -2.71. The van der Waals surface area contributed by atoms with Crippen molar-refractivity contribution in [1.29, 1.82) is 0 Å². The van der Waals surface area contributed by atoms with E-state index in [9.17, 15) is 4.79 Å². The Balaban J connectivity index is 1.34. The largest absolute Gasteiger partial charge is 0.372 e. The van der Waals surface area contributed by atoms with Crippen molar-refractivity contribution < 1.29 is 4.79 Å². The molecule has 1 amide bonds. The van der Waals surface area contributed by atoms with Crippen molar-refractivity contribution in [2.75, 3.05) is 57.8 Å². The van der Waals surface area contributed by atoms with E-state index in [4.69, 9.17) is 4.99 Å². The Morgan fingerprint density at radius 2 is 1.84 bits per heavy atom. The summed E-state index contributed by atoms with van der Waals surface area (Å²) in [6.07, 6.45) is 8.10. The minimum absolute atomic E-state index is 0.0363. The number of carbonyl (C=O) groups excluding carboxylic acids is 1. The molecule has 4 aliphatic rings. The molecule has 2 unspecified atom stereocenters. The number of nitrogens with one attached hydrogen (secondary N) is 1. The third-order valence-electron chi connectivity index (χ3n) is 6.63. The predicted octanol–water partition coefficient (Wildman–Crippen LogP) is 1.29. The van der Waals surface area contributed by atoms with Crippen LogP contribution >= 0.6 is 0 Å². The zero-order chi connectivity index (χ0) is 21.2. The molecule has 1 aromatic carbocycles. The van der Waals surface area contributed by atoms with E-state index in [-0.39, 0.29) is 24.7 Å². The SMILES string of the molecule is CN1CCN(C(=O)CN=C2C(c3ccc(N4CCCC4)cc3)NC3C=NC=CN23)CC1. The van der Waals surface area contributed by atoms with Crippen molar-refractivity contribution in [3.63, 3.8) is 0 Å². The second-order valence-electron chi connectivity index (χ2n) is 8.69. The van der Waals surface area contributed by atoms with E-state index >= 15 is 0 Å². The summed E-state index contributed by atoms with van der Waals surface area (Å²) < 4.78 is 0. The molecule has 31 heavy (non-hydrogen) atoms. The number of hydrogen-bond acceptors (Lipinski definition) is 6. The molecule has 0 aliphatic carbocycles. The monoisotopic (exact) mass is 421 g/mol. The molecular formula is C23H31N7O. The van der Waals surface area contributed by atoms with Gasteiger partial charge in [0.05, 0.1) is 6.04 Å². The maximum absolute atomic E-state index is 12.8. The van der Waals surface area contributed by atoms with E-state index < -0.39 is 0 Å². The van der Waals surface area contributed by atoms with Crippen LogP contribution in [0.1, 0.15) is 24.4 Å². The second kappa shape index (κ2) is 8.80. The van der Waals surface area contributed by atoms with Crippen LogP contribution in [0.5, 0.6) is 0 Å². The number of rotatable bonds is 4. The van der Waals surface area contributed by atoms with E-state index in [1.54, 1.807) is 6.20 Å². The summed E-state index contributed by atoms with van der Waals surface area (Å²) in [6, 6.07) is 8.71. The first kappa shape index (κ1) is 20.2. The van der Waals surface area contributed by atoms with E-state index in [1.165, 1.54) is 18.5 Å². The highest BCUT2D eigenvalue weighted by molar-refractivity contribution is 5.96. The number of anilines is 1. The molecule has 0 bridgehead atoms. The summed E-state index contributed by atoms with van der Waals surface area (Å²) >= 11 is 0. The van der Waals surface area contributed by atoms with Crippen molar-refractivity contribution in [1.82, 2.24) is 20.0 Å². The average molecular weight is 422 g/mol. The third kappa shape index (κ3) is 4.22. The number of aliphatic imine (C=N–C) groups is 2. The fourth-order valence-electron chi connectivity index (χ4n) is 4.72. The Morgan fingerprint density at radius 3 is 2.58 bits per heavy atom. The van der Waals surface area contributed by atoms with Gasteiger partial charge in [0, 0.05) is 63.6 Å². The number of fused-ring (bicyclic) bond motifs is 1. The standard InChI is InChI=1S/C23H31N7O/c1-27-12-14-29(15-13-27)21(31)17-25-23-22(26-20-16-24-8-11-30(20)23)18-4-6-19(7-5-18)28-9-2-3-10-28/h4-8,11,16,20,22,26H,2-3,9-10,12-15,17H2,1H3. The molecule has 5 rings (SSSR count). The zero-order valence-electron chi connectivity index (χ0n) is 18.2. The molecule has 0 aromatic heterocycles. The zero-order valence-corrected chi connectivity index (χ0v) is 18.2. The van der Waals surface area contributed by atoms with Crippen molar-refractivity contribution in [2.24, 2.45) is 9.98 Å². The van der Waals surface area contributed by atoms with E-state index in [2.05, 4.69) is 56.3 Å². The van der Waals surface area contributed by atoms with Crippen molar-refractivity contribution in [3.05, 3.63) is 42.2 Å². The highest BCUT2D eigenvalue weighted by Gasteiger charge is 2.37. The van der Waals surface area contributed by atoms with Crippen LogP contribution in [-0.2, 0) is 4.79 Å². The molecule has 4 heterocycles. The first-order valence-corrected chi connectivity index (χ1v) is 11.3. The van der Waals surface area contributed by atoms with Gasteiger partial charge in [-0.2, -0.15) is 0 Å². The molecular weight excluding hydrogens is 390 g/mol. The minimum atomic E-state index is -0.0629. The first-order valence-electron chi connectivity index (χ1n) is 11.3. The van der Waals surface area contributed by atoms with Crippen molar-refractivity contribution >= 4 is 23.6 Å². The Morgan fingerprint density at radius 1 is 1.10 bits per heavy atom. The van der Waals surface area contributed by atoms with Crippen molar-refractivity contribution in [2.45, 2.75) is 25.0 Å². The Bertz CT molecular complexity index is 880. The van der Waals surface area contributed by atoms with E-state index in [0.29, 0.717) is 0 Å². The summed E-state index contributed by atoms with van der Waals surface area (Å²) in [5, 5.41) is 3.61. The van der Waals surface area contributed by atoms with Crippen LogP contribution in [0.3, 0.4) is 0 Å². The lowest BCUT2D eigenvalue weighted by atomic mass is 10.1. The van der Waals surface area contributed by atoms with Crippen LogP contribution in [-0.4, -0.2) is 91.7 Å². The van der Waals surface area contributed by atoms with Gasteiger partial charge in [0.2, 0.25) is 5.91 Å². The molecule has 0 spiro atoms. The molecule has 4 aliphatic heterocycles. The number of hydrogen-bond donors (Lipinski definition) is 1. The third-order valence-corrected chi connectivity index (χ3v) is 6.63. The van der Waals surface area contributed by atoms with Gasteiger partial charge in [0.25, 0.3) is 0 Å². The fourth-order valence-corrected chi connectivity index (χ4v) is 4.72. The molecule has 0 radical (unpaired) electrons. The van der Waals surface area contributed by atoms with E-state index in [1.807, 2.05) is 17.3 Å². The molecule has 8 heteroatoms. The van der Waals surface area contributed by atoms with Gasteiger partial charge >= 0.3 is 0 Å². The molecule has 2 atom stereocenters. The summed E-state index contributed by atoms with van der Waals surface area (Å²) in [4.78, 5) is 30.6. The summed E-state index contributed by atoms with van der Waals surface area (Å²) in [5.41, 5.74) is 2.44. The van der Waals surface area contributed by atoms with Crippen LogP contribution in [0.25, 0.3) is 0 Å².